The molecule has 1 rings (SSSR count). The van der Waals surface area contributed by atoms with Crippen LogP contribution in [-0.2, 0) is 0 Å². The molecule has 0 N–H and O–H groups in total. The van der Waals surface area contributed by atoms with Gasteiger partial charge >= 0.3 is 5.38 Å². The molecule has 68 valence electrons. The summed E-state index contributed by atoms with van der Waals surface area (Å²) in [5.74, 6) is 0.686. The highest BCUT2D eigenvalue weighted by Gasteiger charge is 2.39. The lowest BCUT2D eigenvalue weighted by Gasteiger charge is -2.27. The first-order valence-electron chi connectivity index (χ1n) is 3.58. The average Bonchev–Trinajstić information content (AvgIpc) is 1.82. The Bertz CT molecular complexity index is 195. The van der Waals surface area contributed by atoms with E-state index in [2.05, 4.69) is 0 Å². The second-order valence-corrected chi connectivity index (χ2v) is 4.44. The van der Waals surface area contributed by atoms with E-state index >= 15 is 0 Å². The van der Waals surface area contributed by atoms with Crippen molar-refractivity contribution in [1.29, 1.82) is 5.26 Å². The highest BCUT2D eigenvalue weighted by atomic mass is 35.5. The Labute approximate surface area is 79.1 Å². The number of nitrogens with zero attached hydrogens (tertiary/aromatic N) is 1. The number of hydrogen-bond acceptors (Lipinski definition) is 2. The summed E-state index contributed by atoms with van der Waals surface area (Å²) in [5.41, 5.74) is 0. The van der Waals surface area contributed by atoms with Crippen molar-refractivity contribution in [2.24, 2.45) is 11.8 Å². The highest BCUT2D eigenvalue weighted by molar-refractivity contribution is 8.00. The van der Waals surface area contributed by atoms with E-state index in [9.17, 15) is 8.78 Å². The highest BCUT2D eigenvalue weighted by Crippen LogP contribution is 2.37. The molecule has 0 aromatic carbocycles. The molecule has 1 fully saturated rings. The third-order valence-electron chi connectivity index (χ3n) is 1.83. The molecule has 12 heavy (non-hydrogen) atoms. The van der Waals surface area contributed by atoms with Crippen LogP contribution >= 0.6 is 23.4 Å². The zero-order chi connectivity index (χ0) is 9.19. The third kappa shape index (κ3) is 2.49. The summed E-state index contributed by atoms with van der Waals surface area (Å²) in [5, 5.41) is 5.04. The fourth-order valence-corrected chi connectivity index (χ4v) is 1.99. The molecule has 0 radical (unpaired) electrons. The predicted molar refractivity (Wildman–Crippen MR) is 45.3 cm³/mol. The van der Waals surface area contributed by atoms with Crippen molar-refractivity contribution in [3.63, 3.8) is 0 Å². The summed E-state index contributed by atoms with van der Waals surface area (Å²) in [6.45, 7) is 0. The number of alkyl halides is 3. The molecule has 0 saturated carbocycles. The summed E-state index contributed by atoms with van der Waals surface area (Å²) in [6.07, 6.45) is 0.222. The molecule has 0 aromatic heterocycles. The molecular weight excluding hydrogens is 204 g/mol. The summed E-state index contributed by atoms with van der Waals surface area (Å²) < 4.78 is 24.9. The van der Waals surface area contributed by atoms with Gasteiger partial charge in [-0.15, -0.1) is 0 Å². The SMILES string of the molecule is N#CC(CC1CSC1)C(F)(F)Cl. The van der Waals surface area contributed by atoms with Gasteiger partial charge in [-0.25, -0.2) is 0 Å². The van der Waals surface area contributed by atoms with Crippen LogP contribution < -0.4 is 0 Å². The van der Waals surface area contributed by atoms with Gasteiger partial charge in [-0.3, -0.25) is 0 Å². The number of rotatable bonds is 3. The first-order chi connectivity index (χ1) is 5.54. The van der Waals surface area contributed by atoms with Gasteiger partial charge < -0.3 is 0 Å². The second-order valence-electron chi connectivity index (χ2n) is 2.86. The zero-order valence-corrected chi connectivity index (χ0v) is 7.84. The summed E-state index contributed by atoms with van der Waals surface area (Å²) >= 11 is 6.47. The minimum Gasteiger partial charge on any atom is -0.198 e. The number of thioether (sulfide) groups is 1. The first kappa shape index (κ1) is 10.1. The van der Waals surface area contributed by atoms with Crippen LogP contribution in [0.25, 0.3) is 0 Å². The van der Waals surface area contributed by atoms with Crippen molar-refractivity contribution >= 4 is 23.4 Å². The topological polar surface area (TPSA) is 23.8 Å². The van der Waals surface area contributed by atoms with Crippen LogP contribution in [0.1, 0.15) is 6.42 Å². The second kappa shape index (κ2) is 3.80. The quantitative estimate of drug-likeness (QED) is 0.671. The van der Waals surface area contributed by atoms with Crippen LogP contribution in [0.5, 0.6) is 0 Å². The molecule has 1 saturated heterocycles. The molecule has 0 spiro atoms. The molecule has 0 amide bonds. The van der Waals surface area contributed by atoms with Crippen LogP contribution in [0.15, 0.2) is 0 Å². The Balaban J connectivity index is 2.41. The molecule has 1 unspecified atom stereocenters. The lowest BCUT2D eigenvalue weighted by atomic mass is 9.98. The Kier molecular flexibility index (Phi) is 3.19. The molecule has 1 aliphatic rings. The summed E-state index contributed by atoms with van der Waals surface area (Å²) in [4.78, 5) is 0. The normalized spacial score (nSPS) is 21.2. The summed E-state index contributed by atoms with van der Waals surface area (Å²) in [6, 6.07) is 1.55. The minimum atomic E-state index is -3.37. The first-order valence-corrected chi connectivity index (χ1v) is 5.11. The van der Waals surface area contributed by atoms with Crippen molar-refractivity contribution < 1.29 is 8.78 Å². The lowest BCUT2D eigenvalue weighted by Crippen LogP contribution is -2.28. The fraction of sp³-hybridized carbons (Fsp3) is 0.857. The van der Waals surface area contributed by atoms with Crippen LogP contribution in [0.2, 0.25) is 0 Å². The van der Waals surface area contributed by atoms with Crippen molar-refractivity contribution in [2.45, 2.75) is 11.8 Å². The number of hydrogen-bond donors (Lipinski definition) is 0. The van der Waals surface area contributed by atoms with Crippen LogP contribution in [0.3, 0.4) is 0 Å². The van der Waals surface area contributed by atoms with Gasteiger partial charge in [0.1, 0.15) is 5.92 Å². The Morgan fingerprint density at radius 1 is 1.67 bits per heavy atom. The van der Waals surface area contributed by atoms with Crippen molar-refractivity contribution in [3.05, 3.63) is 0 Å². The Morgan fingerprint density at radius 3 is 2.50 bits per heavy atom. The van der Waals surface area contributed by atoms with Gasteiger partial charge in [0.25, 0.3) is 0 Å². The van der Waals surface area contributed by atoms with Crippen LogP contribution in [0, 0.1) is 23.2 Å². The molecule has 1 atom stereocenters. The average molecular weight is 212 g/mol. The van der Waals surface area contributed by atoms with Gasteiger partial charge in [-0.1, -0.05) is 0 Å². The monoisotopic (exact) mass is 211 g/mol. The largest absolute Gasteiger partial charge is 0.337 e. The standard InChI is InChI=1S/C7H8ClF2NS/c8-7(9,10)6(2-11)1-5-3-12-4-5/h5-6H,1,3-4H2. The van der Waals surface area contributed by atoms with Gasteiger partial charge in [0.05, 0.1) is 6.07 Å². The van der Waals surface area contributed by atoms with E-state index < -0.39 is 11.3 Å². The van der Waals surface area contributed by atoms with E-state index in [1.807, 2.05) is 0 Å². The summed E-state index contributed by atoms with van der Waals surface area (Å²) in [7, 11) is 0. The Hall–Kier alpha value is -0.0100. The van der Waals surface area contributed by atoms with E-state index in [1.165, 1.54) is 0 Å². The van der Waals surface area contributed by atoms with Gasteiger partial charge in [0, 0.05) is 0 Å². The molecule has 0 bridgehead atoms. The van der Waals surface area contributed by atoms with Gasteiger partial charge in [0.15, 0.2) is 0 Å². The number of halogens is 3. The minimum absolute atomic E-state index is 0.222. The maximum Gasteiger partial charge on any atom is 0.337 e. The molecular formula is C7H8ClF2NS. The molecule has 5 heteroatoms. The van der Waals surface area contributed by atoms with Gasteiger partial charge in [-0.2, -0.15) is 25.8 Å². The maximum atomic E-state index is 12.4. The van der Waals surface area contributed by atoms with Crippen molar-refractivity contribution in [3.8, 4) is 6.07 Å². The fourth-order valence-electron chi connectivity index (χ4n) is 1.01. The molecule has 0 aliphatic carbocycles. The molecule has 1 nitrogen and oxygen atoms in total. The van der Waals surface area contributed by atoms with E-state index in [1.54, 1.807) is 17.8 Å². The third-order valence-corrected chi connectivity index (χ3v) is 3.50. The van der Waals surface area contributed by atoms with E-state index in [-0.39, 0.29) is 12.3 Å². The van der Waals surface area contributed by atoms with Gasteiger partial charge in [0.2, 0.25) is 0 Å². The van der Waals surface area contributed by atoms with Crippen LogP contribution in [0.4, 0.5) is 8.78 Å². The molecule has 0 aromatic rings. The smallest absolute Gasteiger partial charge is 0.198 e. The van der Waals surface area contributed by atoms with Crippen molar-refractivity contribution in [1.82, 2.24) is 0 Å². The zero-order valence-electron chi connectivity index (χ0n) is 6.27. The predicted octanol–water partition coefficient (Wildman–Crippen LogP) is 2.71. The van der Waals surface area contributed by atoms with E-state index in [0.717, 1.165) is 11.5 Å². The van der Waals surface area contributed by atoms with Crippen molar-refractivity contribution in [2.75, 3.05) is 11.5 Å². The maximum absolute atomic E-state index is 12.4. The number of nitriles is 1. The van der Waals surface area contributed by atoms with Crippen LogP contribution in [-0.4, -0.2) is 16.9 Å². The molecule has 1 heterocycles. The van der Waals surface area contributed by atoms with E-state index in [0.29, 0.717) is 0 Å². The Morgan fingerprint density at radius 2 is 2.25 bits per heavy atom. The molecule has 1 aliphatic heterocycles. The van der Waals surface area contributed by atoms with Gasteiger partial charge in [-0.05, 0) is 35.4 Å². The van der Waals surface area contributed by atoms with E-state index in [4.69, 9.17) is 16.9 Å². The lowest BCUT2D eigenvalue weighted by molar-refractivity contribution is 0.0443.